The highest BCUT2D eigenvalue weighted by Crippen LogP contribution is 2.26. The second-order valence-corrected chi connectivity index (χ2v) is 3.88. The van der Waals surface area contributed by atoms with Gasteiger partial charge in [-0.1, -0.05) is 18.7 Å². The fourth-order valence-electron chi connectivity index (χ4n) is 1.38. The Morgan fingerprint density at radius 1 is 1.44 bits per heavy atom. The molecule has 0 unspecified atom stereocenters. The van der Waals surface area contributed by atoms with E-state index in [4.69, 9.17) is 5.73 Å². The molecule has 0 spiro atoms. The molecule has 0 aliphatic heterocycles. The van der Waals surface area contributed by atoms with Crippen molar-refractivity contribution in [1.29, 1.82) is 0 Å². The van der Waals surface area contributed by atoms with Crippen molar-refractivity contribution in [3.63, 3.8) is 0 Å². The van der Waals surface area contributed by atoms with Gasteiger partial charge in [-0.2, -0.15) is 13.2 Å². The van der Waals surface area contributed by atoms with Crippen LogP contribution < -0.4 is 11.1 Å². The first-order valence-corrected chi connectivity index (χ1v) is 5.33. The fourth-order valence-corrected chi connectivity index (χ4v) is 1.38. The SMILES string of the molecule is C=C(/C=C(/C)Nc1cccc(CN)c1)C(F)(F)F. The number of allylic oxidation sites excluding steroid dienone is 3. The molecule has 0 atom stereocenters. The van der Waals surface area contributed by atoms with Crippen LogP contribution in [0.25, 0.3) is 0 Å². The third-order valence-corrected chi connectivity index (χ3v) is 2.26. The van der Waals surface area contributed by atoms with Crippen molar-refractivity contribution in [3.8, 4) is 0 Å². The van der Waals surface area contributed by atoms with Gasteiger partial charge in [0.1, 0.15) is 0 Å². The van der Waals surface area contributed by atoms with Gasteiger partial charge in [-0.05, 0) is 30.7 Å². The zero-order chi connectivity index (χ0) is 13.8. The van der Waals surface area contributed by atoms with Crippen LogP contribution in [-0.4, -0.2) is 6.18 Å². The Labute approximate surface area is 104 Å². The topological polar surface area (TPSA) is 38.0 Å². The number of hydrogen-bond donors (Lipinski definition) is 2. The van der Waals surface area contributed by atoms with E-state index in [1.165, 1.54) is 0 Å². The van der Waals surface area contributed by atoms with Crippen LogP contribution in [0.1, 0.15) is 12.5 Å². The van der Waals surface area contributed by atoms with Gasteiger partial charge in [-0.25, -0.2) is 0 Å². The lowest BCUT2D eigenvalue weighted by atomic mass is 10.2. The number of hydrogen-bond acceptors (Lipinski definition) is 2. The lowest BCUT2D eigenvalue weighted by Gasteiger charge is -2.10. The smallest absolute Gasteiger partial charge is 0.359 e. The second-order valence-electron chi connectivity index (χ2n) is 3.88. The van der Waals surface area contributed by atoms with Crippen LogP contribution in [0, 0.1) is 0 Å². The molecule has 3 N–H and O–H groups in total. The Bertz CT molecular complexity index is 462. The van der Waals surface area contributed by atoms with Crippen molar-refractivity contribution < 1.29 is 13.2 Å². The largest absolute Gasteiger partial charge is 0.415 e. The Morgan fingerprint density at radius 2 is 2.11 bits per heavy atom. The zero-order valence-electron chi connectivity index (χ0n) is 10.0. The molecule has 5 heteroatoms. The van der Waals surface area contributed by atoms with Gasteiger partial charge in [0.25, 0.3) is 0 Å². The van der Waals surface area contributed by atoms with E-state index in [0.29, 0.717) is 17.9 Å². The van der Waals surface area contributed by atoms with Crippen LogP contribution in [-0.2, 0) is 6.54 Å². The molecule has 0 radical (unpaired) electrons. The molecular weight excluding hydrogens is 241 g/mol. The molecule has 0 bridgehead atoms. The molecule has 0 aliphatic rings. The quantitative estimate of drug-likeness (QED) is 0.808. The van der Waals surface area contributed by atoms with Gasteiger partial charge in [0.15, 0.2) is 0 Å². The molecular formula is C13H15F3N2. The molecule has 0 fully saturated rings. The van der Waals surface area contributed by atoms with Crippen LogP contribution in [0.3, 0.4) is 0 Å². The molecule has 1 rings (SSSR count). The van der Waals surface area contributed by atoms with E-state index < -0.39 is 11.7 Å². The third-order valence-electron chi connectivity index (χ3n) is 2.26. The molecule has 1 aromatic carbocycles. The maximum Gasteiger partial charge on any atom is 0.415 e. The van der Waals surface area contributed by atoms with Crippen LogP contribution >= 0.6 is 0 Å². The number of benzene rings is 1. The van der Waals surface area contributed by atoms with E-state index in [1.807, 2.05) is 6.07 Å². The van der Waals surface area contributed by atoms with E-state index in [1.54, 1.807) is 25.1 Å². The van der Waals surface area contributed by atoms with E-state index in [2.05, 4.69) is 11.9 Å². The summed E-state index contributed by atoms with van der Waals surface area (Å²) in [5.41, 5.74) is 6.56. The average Bonchev–Trinajstić information content (AvgIpc) is 2.27. The highest BCUT2D eigenvalue weighted by atomic mass is 19.4. The van der Waals surface area contributed by atoms with E-state index in [9.17, 15) is 13.2 Å². The highest BCUT2D eigenvalue weighted by molar-refractivity contribution is 5.50. The summed E-state index contributed by atoms with van der Waals surface area (Å²) in [6, 6.07) is 7.18. The third kappa shape index (κ3) is 4.25. The predicted molar refractivity (Wildman–Crippen MR) is 66.9 cm³/mol. The summed E-state index contributed by atoms with van der Waals surface area (Å²) in [5.74, 6) is 0. The van der Waals surface area contributed by atoms with Crippen molar-refractivity contribution in [2.45, 2.75) is 19.6 Å². The molecule has 0 aliphatic carbocycles. The molecule has 0 heterocycles. The van der Waals surface area contributed by atoms with Gasteiger partial charge in [-0.15, -0.1) is 0 Å². The molecule has 2 nitrogen and oxygen atoms in total. The molecule has 0 saturated carbocycles. The van der Waals surface area contributed by atoms with Gasteiger partial charge in [-0.3, -0.25) is 0 Å². The number of anilines is 1. The molecule has 18 heavy (non-hydrogen) atoms. The molecule has 0 amide bonds. The number of rotatable bonds is 4. The van der Waals surface area contributed by atoms with Crippen molar-refractivity contribution in [1.82, 2.24) is 0 Å². The molecule has 0 saturated heterocycles. The van der Waals surface area contributed by atoms with Crippen LogP contribution in [0.5, 0.6) is 0 Å². The van der Waals surface area contributed by atoms with Crippen LogP contribution in [0.4, 0.5) is 18.9 Å². The van der Waals surface area contributed by atoms with Gasteiger partial charge < -0.3 is 11.1 Å². The van der Waals surface area contributed by atoms with E-state index in [-0.39, 0.29) is 0 Å². The summed E-state index contributed by atoms with van der Waals surface area (Å²) in [4.78, 5) is 0. The maximum atomic E-state index is 12.3. The maximum absolute atomic E-state index is 12.3. The van der Waals surface area contributed by atoms with Crippen molar-refractivity contribution in [2.75, 3.05) is 5.32 Å². The minimum atomic E-state index is -4.40. The Kier molecular flexibility index (Phi) is 4.55. The highest BCUT2D eigenvalue weighted by Gasteiger charge is 2.30. The normalized spacial score (nSPS) is 12.4. The summed E-state index contributed by atoms with van der Waals surface area (Å²) in [6.07, 6.45) is -3.43. The molecule has 98 valence electrons. The lowest BCUT2D eigenvalue weighted by Crippen LogP contribution is -2.10. The Morgan fingerprint density at radius 3 is 2.67 bits per heavy atom. The summed E-state index contributed by atoms with van der Waals surface area (Å²) >= 11 is 0. The predicted octanol–water partition coefficient (Wildman–Crippen LogP) is 3.58. The lowest BCUT2D eigenvalue weighted by molar-refractivity contribution is -0.0878. The Balaban J connectivity index is 2.78. The number of alkyl halides is 3. The van der Waals surface area contributed by atoms with Gasteiger partial charge in [0, 0.05) is 17.9 Å². The van der Waals surface area contributed by atoms with Crippen molar-refractivity contribution in [3.05, 3.63) is 53.8 Å². The summed E-state index contributed by atoms with van der Waals surface area (Å²) < 4.78 is 36.8. The molecule has 0 aromatic heterocycles. The first-order valence-electron chi connectivity index (χ1n) is 5.33. The number of nitrogens with two attached hydrogens (primary N) is 1. The average molecular weight is 256 g/mol. The first kappa shape index (κ1) is 14.3. The van der Waals surface area contributed by atoms with Crippen LogP contribution in [0.15, 0.2) is 48.2 Å². The first-order chi connectivity index (χ1) is 8.32. The molecule has 1 aromatic rings. The number of nitrogens with one attached hydrogen (secondary N) is 1. The van der Waals surface area contributed by atoms with Crippen molar-refractivity contribution in [2.24, 2.45) is 5.73 Å². The monoisotopic (exact) mass is 256 g/mol. The van der Waals surface area contributed by atoms with E-state index >= 15 is 0 Å². The van der Waals surface area contributed by atoms with E-state index in [0.717, 1.165) is 11.6 Å². The van der Waals surface area contributed by atoms with Crippen molar-refractivity contribution >= 4 is 5.69 Å². The van der Waals surface area contributed by atoms with Gasteiger partial charge in [0.05, 0.1) is 5.57 Å². The minimum Gasteiger partial charge on any atom is -0.359 e. The van der Waals surface area contributed by atoms with Gasteiger partial charge in [0.2, 0.25) is 0 Å². The summed E-state index contributed by atoms with van der Waals surface area (Å²) in [6.45, 7) is 4.91. The standard InChI is InChI=1S/C13H15F3N2/c1-9(13(14,15)16)6-10(2)18-12-5-3-4-11(7-12)8-17/h3-7,18H,1,8,17H2,2H3/b10-6-. The minimum absolute atomic E-state index is 0.367. The zero-order valence-corrected chi connectivity index (χ0v) is 10.0. The summed E-state index contributed by atoms with van der Waals surface area (Å²) in [7, 11) is 0. The fraction of sp³-hybridized carbons (Fsp3) is 0.231. The Hall–Kier alpha value is -1.75. The second kappa shape index (κ2) is 5.73. The summed E-state index contributed by atoms with van der Waals surface area (Å²) in [5, 5.41) is 2.86. The van der Waals surface area contributed by atoms with Crippen LogP contribution in [0.2, 0.25) is 0 Å². The number of halogens is 3. The van der Waals surface area contributed by atoms with Gasteiger partial charge >= 0.3 is 6.18 Å².